The number of hydrogen-bond acceptors (Lipinski definition) is 1. The van der Waals surface area contributed by atoms with Crippen molar-refractivity contribution < 1.29 is 0 Å². The van der Waals surface area contributed by atoms with E-state index in [-0.39, 0.29) is 11.5 Å². The predicted octanol–water partition coefficient (Wildman–Crippen LogP) is 10.9. The molecule has 3 nitrogen and oxygen atoms in total. The van der Waals surface area contributed by atoms with Gasteiger partial charge in [0.1, 0.15) is 11.7 Å². The number of allylic oxidation sites excluding steroid dienone is 2. The average molecular weight is 615 g/mol. The van der Waals surface area contributed by atoms with Crippen molar-refractivity contribution in [2.45, 2.75) is 25.3 Å². The maximum absolute atomic E-state index is 2.59. The highest BCUT2D eigenvalue weighted by Gasteiger charge is 2.49. The largest absolute Gasteiger partial charge is 0.318 e. The number of anilines is 2. The van der Waals surface area contributed by atoms with Crippen molar-refractivity contribution in [2.75, 3.05) is 4.90 Å². The first-order valence-electron chi connectivity index (χ1n) is 16.9. The van der Waals surface area contributed by atoms with E-state index in [2.05, 4.69) is 180 Å². The Morgan fingerprint density at radius 2 is 1.42 bits per heavy atom. The number of fused-ring (bicyclic) bond motifs is 12. The summed E-state index contributed by atoms with van der Waals surface area (Å²) >= 11 is 0. The third kappa shape index (κ3) is 3.16. The lowest BCUT2D eigenvalue weighted by molar-refractivity contribution is 0.660. The molecule has 0 saturated carbocycles. The molecule has 0 amide bonds. The Kier molecular flexibility index (Phi) is 4.97. The van der Waals surface area contributed by atoms with Crippen LogP contribution in [0, 0.1) is 0 Å². The smallest absolute Gasteiger partial charge is 0.235 e. The zero-order valence-electron chi connectivity index (χ0n) is 26.9. The van der Waals surface area contributed by atoms with Crippen molar-refractivity contribution in [2.24, 2.45) is 0 Å². The Labute approximate surface area is 279 Å². The minimum absolute atomic E-state index is 0.0659. The molecule has 4 aliphatic rings. The second-order valence-electron chi connectivity index (χ2n) is 13.9. The van der Waals surface area contributed by atoms with Crippen LogP contribution in [-0.2, 0) is 5.41 Å². The summed E-state index contributed by atoms with van der Waals surface area (Å²) in [6.45, 7) is 4.74. The molecule has 6 aromatic carbocycles. The van der Waals surface area contributed by atoms with Gasteiger partial charge in [0.15, 0.2) is 0 Å². The molecule has 11 rings (SSSR count). The molecular formula is C45H32N3+. The molecule has 0 bridgehead atoms. The van der Waals surface area contributed by atoms with Crippen molar-refractivity contribution in [3.05, 3.63) is 168 Å². The van der Waals surface area contributed by atoms with Gasteiger partial charge in [-0.05, 0) is 70.3 Å². The summed E-state index contributed by atoms with van der Waals surface area (Å²) < 4.78 is 4.95. The molecule has 0 radical (unpaired) electrons. The lowest BCUT2D eigenvalue weighted by atomic mass is 9.82. The van der Waals surface area contributed by atoms with Crippen LogP contribution in [-0.4, -0.2) is 16.3 Å². The quantitative estimate of drug-likeness (QED) is 0.176. The van der Waals surface area contributed by atoms with Crippen molar-refractivity contribution in [3.8, 4) is 16.8 Å². The van der Waals surface area contributed by atoms with E-state index in [9.17, 15) is 0 Å². The normalized spacial score (nSPS) is 17.7. The molecule has 1 aromatic heterocycles. The Morgan fingerprint density at radius 1 is 0.646 bits per heavy atom. The fourth-order valence-corrected chi connectivity index (χ4v) is 9.20. The summed E-state index contributed by atoms with van der Waals surface area (Å²) in [5.41, 5.74) is 18.0. The standard InChI is InChI=1S/C45H32N3/c1-45(2)34-18-8-6-15-30(34)31-24-23-29(27-35(31)45)47-37-20-10-11-21-38(37)48-40-26-25-39-42(43(40)33-17-12-22-41(47)44(33)48)32-16-7-9-19-36(32)46(39)28-13-4-3-5-14-28/h3-27,44H,1-2H3/q+1. The molecule has 3 heteroatoms. The second-order valence-corrected chi connectivity index (χ2v) is 13.9. The molecule has 7 aromatic rings. The molecule has 0 spiro atoms. The maximum Gasteiger partial charge on any atom is 0.235 e. The Balaban J connectivity index is 1.18. The van der Waals surface area contributed by atoms with Crippen LogP contribution in [0.3, 0.4) is 0 Å². The first-order chi connectivity index (χ1) is 23.6. The van der Waals surface area contributed by atoms with Crippen LogP contribution in [0.2, 0.25) is 0 Å². The maximum atomic E-state index is 2.59. The van der Waals surface area contributed by atoms with E-state index in [1.165, 1.54) is 89.3 Å². The first kappa shape index (κ1) is 26.2. The third-order valence-electron chi connectivity index (χ3n) is 11.2. The van der Waals surface area contributed by atoms with E-state index < -0.39 is 0 Å². The highest BCUT2D eigenvalue weighted by atomic mass is 15.3. The van der Waals surface area contributed by atoms with Crippen molar-refractivity contribution in [1.29, 1.82) is 0 Å². The molecule has 2 aliphatic heterocycles. The lowest BCUT2D eigenvalue weighted by Gasteiger charge is -2.33. The van der Waals surface area contributed by atoms with Crippen LogP contribution in [0.5, 0.6) is 0 Å². The number of hydrogen-bond donors (Lipinski definition) is 0. The summed E-state index contributed by atoms with van der Waals surface area (Å²) in [5.74, 6) is 0. The zero-order valence-corrected chi connectivity index (χ0v) is 26.9. The Hall–Kier alpha value is -5.93. The number of para-hydroxylation sites is 4. The van der Waals surface area contributed by atoms with Crippen LogP contribution < -0.4 is 9.48 Å². The van der Waals surface area contributed by atoms with Gasteiger partial charge >= 0.3 is 0 Å². The molecule has 3 heterocycles. The highest BCUT2D eigenvalue weighted by molar-refractivity contribution is 6.26. The molecule has 0 N–H and O–H groups in total. The first-order valence-corrected chi connectivity index (χ1v) is 16.9. The van der Waals surface area contributed by atoms with Gasteiger partial charge in [-0.2, -0.15) is 4.58 Å². The van der Waals surface area contributed by atoms with Gasteiger partial charge < -0.3 is 9.47 Å². The lowest BCUT2D eigenvalue weighted by Crippen LogP contribution is -2.43. The Morgan fingerprint density at radius 3 is 2.33 bits per heavy atom. The van der Waals surface area contributed by atoms with Crippen LogP contribution in [0.25, 0.3) is 44.2 Å². The summed E-state index contributed by atoms with van der Waals surface area (Å²) in [5, 5.41) is 2.61. The van der Waals surface area contributed by atoms with Gasteiger partial charge in [-0.3, -0.25) is 0 Å². The molecule has 0 fully saturated rings. The zero-order chi connectivity index (χ0) is 31.7. The van der Waals surface area contributed by atoms with Gasteiger partial charge in [-0.25, -0.2) is 0 Å². The van der Waals surface area contributed by atoms with E-state index in [4.69, 9.17) is 0 Å². The molecular weight excluding hydrogens is 583 g/mol. The van der Waals surface area contributed by atoms with Gasteiger partial charge in [-0.1, -0.05) is 98.8 Å². The fourth-order valence-electron chi connectivity index (χ4n) is 9.20. The minimum atomic E-state index is -0.0659. The van der Waals surface area contributed by atoms with Gasteiger partial charge in [0.05, 0.1) is 16.7 Å². The summed E-state index contributed by atoms with van der Waals surface area (Å²) in [6.07, 6.45) is 6.95. The van der Waals surface area contributed by atoms with Crippen LogP contribution in [0.4, 0.5) is 22.7 Å². The molecule has 226 valence electrons. The van der Waals surface area contributed by atoms with E-state index in [0.717, 1.165) is 0 Å². The monoisotopic (exact) mass is 614 g/mol. The summed E-state index contributed by atoms with van der Waals surface area (Å²) in [4.78, 5) is 2.59. The third-order valence-corrected chi connectivity index (χ3v) is 11.2. The average Bonchev–Trinajstić information content (AvgIpc) is 3.73. The van der Waals surface area contributed by atoms with Crippen molar-refractivity contribution in [1.82, 2.24) is 9.14 Å². The molecule has 1 atom stereocenters. The van der Waals surface area contributed by atoms with Crippen LogP contribution in [0.1, 0.15) is 30.5 Å². The van der Waals surface area contributed by atoms with E-state index >= 15 is 0 Å². The minimum Gasteiger partial charge on any atom is -0.318 e. The number of aromatic nitrogens is 1. The number of rotatable bonds is 2. The molecule has 0 saturated heterocycles. The highest BCUT2D eigenvalue weighted by Crippen LogP contribution is 2.56. The Bertz CT molecular complexity index is 2650. The van der Waals surface area contributed by atoms with Gasteiger partial charge in [0, 0.05) is 51.7 Å². The number of nitrogens with zero attached hydrogens (tertiary/aromatic N) is 3. The summed E-state index contributed by atoms with van der Waals surface area (Å²) in [7, 11) is 0. The van der Waals surface area contributed by atoms with Crippen LogP contribution in [0.15, 0.2) is 152 Å². The van der Waals surface area contributed by atoms with Crippen molar-refractivity contribution >= 4 is 55.8 Å². The second kappa shape index (κ2) is 9.11. The molecule has 1 unspecified atom stereocenters. The number of benzene rings is 6. The molecule has 48 heavy (non-hydrogen) atoms. The SMILES string of the molecule is CC1(C)c2ccccc2-c2ccc([N+]3=C4C=CC=C5c6c(ccc7c6c6ccccc6n7-c6ccccc6)N(c6ccccc63)C54)cc21. The van der Waals surface area contributed by atoms with E-state index in [1.54, 1.807) is 0 Å². The molecule has 2 aliphatic carbocycles. The van der Waals surface area contributed by atoms with Crippen LogP contribution >= 0.6 is 0 Å². The summed E-state index contributed by atoms with van der Waals surface area (Å²) in [6, 6.07) is 49.4. The fraction of sp³-hybridized carbons (Fsp3) is 0.0889. The van der Waals surface area contributed by atoms with E-state index in [1.807, 2.05) is 0 Å². The topological polar surface area (TPSA) is 11.2 Å². The predicted molar refractivity (Wildman–Crippen MR) is 201 cm³/mol. The van der Waals surface area contributed by atoms with Gasteiger partial charge in [-0.15, -0.1) is 0 Å². The van der Waals surface area contributed by atoms with Crippen molar-refractivity contribution in [3.63, 3.8) is 0 Å². The van der Waals surface area contributed by atoms with Gasteiger partial charge in [0.2, 0.25) is 17.1 Å². The van der Waals surface area contributed by atoms with E-state index in [0.29, 0.717) is 0 Å². The van der Waals surface area contributed by atoms with Gasteiger partial charge in [0.25, 0.3) is 0 Å².